The maximum atomic E-state index is 12.3. The van der Waals surface area contributed by atoms with Gasteiger partial charge in [-0.2, -0.15) is 0 Å². The third-order valence-corrected chi connectivity index (χ3v) is 7.30. The van der Waals surface area contributed by atoms with Gasteiger partial charge in [-0.25, -0.2) is 9.97 Å². The molecule has 118 valence electrons. The predicted molar refractivity (Wildman–Crippen MR) is 98.2 cm³/mol. The summed E-state index contributed by atoms with van der Waals surface area (Å²) in [5.74, 6) is 0.625. The van der Waals surface area contributed by atoms with Gasteiger partial charge < -0.3 is 0 Å². The van der Waals surface area contributed by atoms with Crippen molar-refractivity contribution in [1.82, 2.24) is 9.97 Å². The largest absolute Gasteiger partial charge is 0.292 e. The van der Waals surface area contributed by atoms with Gasteiger partial charge in [0.2, 0.25) is 0 Å². The van der Waals surface area contributed by atoms with Crippen LogP contribution in [0.5, 0.6) is 0 Å². The van der Waals surface area contributed by atoms with E-state index >= 15 is 0 Å². The van der Waals surface area contributed by atoms with Crippen LogP contribution in [-0.4, -0.2) is 21.5 Å². The molecule has 3 aromatic rings. The number of hydrogen-bond donors (Lipinski definition) is 0. The summed E-state index contributed by atoms with van der Waals surface area (Å²) in [5.41, 5.74) is 1.43. The molecule has 0 unspecified atom stereocenters. The van der Waals surface area contributed by atoms with Crippen LogP contribution < -0.4 is 0 Å². The Hall–Kier alpha value is -1.24. The van der Waals surface area contributed by atoms with Crippen molar-refractivity contribution in [2.75, 3.05) is 5.75 Å². The van der Waals surface area contributed by atoms with Crippen molar-refractivity contribution in [2.24, 2.45) is 0 Å². The lowest BCUT2D eigenvalue weighted by Gasteiger charge is -2.11. The van der Waals surface area contributed by atoms with Crippen molar-refractivity contribution in [2.45, 2.75) is 37.6 Å². The van der Waals surface area contributed by atoms with Crippen LogP contribution in [0.15, 0.2) is 23.5 Å². The molecule has 0 saturated heterocycles. The summed E-state index contributed by atoms with van der Waals surface area (Å²) in [6, 6.07) is 3.92. The van der Waals surface area contributed by atoms with Crippen LogP contribution in [0.25, 0.3) is 10.2 Å². The van der Waals surface area contributed by atoms with Crippen LogP contribution in [0.2, 0.25) is 0 Å². The Morgan fingerprint density at radius 1 is 1.22 bits per heavy atom. The summed E-state index contributed by atoms with van der Waals surface area (Å²) in [4.78, 5) is 25.8. The molecule has 0 aromatic carbocycles. The van der Waals surface area contributed by atoms with Crippen LogP contribution in [0.4, 0.5) is 0 Å². The Kier molecular flexibility index (Phi) is 4.22. The quantitative estimate of drug-likeness (QED) is 0.376. The minimum absolute atomic E-state index is 0.184. The Balaban J connectivity index is 1.61. The smallest absolute Gasteiger partial charge is 0.183 e. The van der Waals surface area contributed by atoms with E-state index in [4.69, 9.17) is 0 Å². The van der Waals surface area contributed by atoms with Gasteiger partial charge >= 0.3 is 0 Å². The minimum atomic E-state index is 0.184. The number of thiophene rings is 2. The summed E-state index contributed by atoms with van der Waals surface area (Å²) in [5, 5.41) is 2.17. The van der Waals surface area contributed by atoms with Crippen molar-refractivity contribution < 1.29 is 4.79 Å². The zero-order valence-corrected chi connectivity index (χ0v) is 15.2. The number of Topliss-reactive ketones (excluding diaryl/α,β-unsaturated/α-hetero) is 1. The van der Waals surface area contributed by atoms with Crippen molar-refractivity contribution in [3.05, 3.63) is 38.7 Å². The van der Waals surface area contributed by atoms with Gasteiger partial charge in [0.15, 0.2) is 5.78 Å². The molecule has 3 aromatic heterocycles. The first kappa shape index (κ1) is 15.3. The highest BCUT2D eigenvalue weighted by Crippen LogP contribution is 2.39. The summed E-state index contributed by atoms with van der Waals surface area (Å²) in [6.45, 7) is 2.03. The van der Waals surface area contributed by atoms with E-state index in [2.05, 4.69) is 9.97 Å². The third-order valence-electron chi connectivity index (χ3n) is 4.07. The van der Waals surface area contributed by atoms with Crippen molar-refractivity contribution in [3.8, 4) is 0 Å². The summed E-state index contributed by atoms with van der Waals surface area (Å²) >= 11 is 4.92. The fourth-order valence-electron chi connectivity index (χ4n) is 2.96. The fraction of sp³-hybridized carbons (Fsp3) is 0.353. The SMILES string of the molecule is Cc1ccc(C(=O)CSc2ncnc3sc4c(c23)CCCC4)s1. The summed E-state index contributed by atoms with van der Waals surface area (Å²) in [6.07, 6.45) is 6.42. The highest BCUT2D eigenvalue weighted by molar-refractivity contribution is 8.00. The van der Waals surface area contributed by atoms with Gasteiger partial charge in [0.1, 0.15) is 16.2 Å². The van der Waals surface area contributed by atoms with Gasteiger partial charge in [-0.15, -0.1) is 22.7 Å². The standard InChI is InChI=1S/C17H16N2OS3/c1-10-6-7-14(22-10)12(20)8-21-16-15-11-4-2-3-5-13(11)23-17(15)19-9-18-16/h6-7,9H,2-5,8H2,1H3. The molecule has 3 nitrogen and oxygen atoms in total. The van der Waals surface area contributed by atoms with E-state index in [-0.39, 0.29) is 5.78 Å². The number of carbonyl (C=O) groups is 1. The van der Waals surface area contributed by atoms with E-state index < -0.39 is 0 Å². The Labute approximate surface area is 147 Å². The lowest BCUT2D eigenvalue weighted by atomic mass is 9.97. The van der Waals surface area contributed by atoms with Gasteiger partial charge in [0, 0.05) is 15.1 Å². The maximum Gasteiger partial charge on any atom is 0.183 e. The Bertz CT molecular complexity index is 881. The topological polar surface area (TPSA) is 42.9 Å². The number of ketones is 1. The first-order valence-corrected chi connectivity index (χ1v) is 10.3. The number of thioether (sulfide) groups is 1. The zero-order valence-electron chi connectivity index (χ0n) is 12.8. The number of hydrogen-bond acceptors (Lipinski definition) is 6. The molecule has 0 amide bonds. The molecule has 0 spiro atoms. The average Bonchev–Trinajstić information content (AvgIpc) is 3.16. The second kappa shape index (κ2) is 6.34. The van der Waals surface area contributed by atoms with Crippen molar-refractivity contribution in [1.29, 1.82) is 0 Å². The van der Waals surface area contributed by atoms with Gasteiger partial charge in [-0.05, 0) is 50.3 Å². The van der Waals surface area contributed by atoms with Crippen molar-refractivity contribution in [3.63, 3.8) is 0 Å². The number of carbonyl (C=O) groups excluding carboxylic acids is 1. The summed E-state index contributed by atoms with van der Waals surface area (Å²) in [7, 11) is 0. The molecule has 0 atom stereocenters. The first-order valence-electron chi connectivity index (χ1n) is 7.70. The van der Waals surface area contributed by atoms with E-state index in [0.717, 1.165) is 27.6 Å². The monoisotopic (exact) mass is 360 g/mol. The van der Waals surface area contributed by atoms with Gasteiger partial charge in [-0.3, -0.25) is 4.79 Å². The number of aromatic nitrogens is 2. The molecule has 0 N–H and O–H groups in total. The molecule has 0 saturated carbocycles. The number of nitrogens with zero attached hydrogens (tertiary/aromatic N) is 2. The molecule has 0 aliphatic heterocycles. The number of fused-ring (bicyclic) bond motifs is 3. The molecule has 3 heterocycles. The number of rotatable bonds is 4. The second-order valence-electron chi connectivity index (χ2n) is 5.69. The highest BCUT2D eigenvalue weighted by atomic mass is 32.2. The van der Waals surface area contributed by atoms with E-state index in [1.807, 2.05) is 19.1 Å². The molecule has 1 aliphatic rings. The molecular formula is C17H16N2OS3. The van der Waals surface area contributed by atoms with E-state index in [1.165, 1.54) is 33.5 Å². The second-order valence-corrected chi connectivity index (χ2v) is 9.03. The van der Waals surface area contributed by atoms with E-state index in [9.17, 15) is 4.79 Å². The number of aryl methyl sites for hydroxylation is 3. The fourth-order valence-corrected chi connectivity index (χ4v) is 6.06. The zero-order chi connectivity index (χ0) is 15.8. The van der Waals surface area contributed by atoms with Crippen LogP contribution in [-0.2, 0) is 12.8 Å². The van der Waals surface area contributed by atoms with Crippen LogP contribution >= 0.6 is 34.4 Å². The van der Waals surface area contributed by atoms with Gasteiger partial charge in [0.25, 0.3) is 0 Å². The predicted octanol–water partition coefficient (Wildman–Crippen LogP) is 4.92. The summed E-state index contributed by atoms with van der Waals surface area (Å²) < 4.78 is 0. The first-order chi connectivity index (χ1) is 11.2. The van der Waals surface area contributed by atoms with Crippen molar-refractivity contribution >= 4 is 50.4 Å². The molecule has 0 fully saturated rings. The highest BCUT2D eigenvalue weighted by Gasteiger charge is 2.20. The minimum Gasteiger partial charge on any atom is -0.292 e. The molecule has 6 heteroatoms. The Morgan fingerprint density at radius 2 is 2.09 bits per heavy atom. The lowest BCUT2D eigenvalue weighted by Crippen LogP contribution is -2.01. The van der Waals surface area contributed by atoms with Crippen LogP contribution in [0, 0.1) is 6.92 Å². The molecule has 1 aliphatic carbocycles. The lowest BCUT2D eigenvalue weighted by molar-refractivity contribution is 0.102. The molecular weight excluding hydrogens is 344 g/mol. The average molecular weight is 361 g/mol. The van der Waals surface area contributed by atoms with E-state index in [1.54, 1.807) is 40.8 Å². The molecule has 4 rings (SSSR count). The molecule has 0 bridgehead atoms. The van der Waals surface area contributed by atoms with Gasteiger partial charge in [-0.1, -0.05) is 11.8 Å². The third kappa shape index (κ3) is 2.95. The normalized spacial score (nSPS) is 14.1. The molecule has 23 heavy (non-hydrogen) atoms. The van der Waals surface area contributed by atoms with Gasteiger partial charge in [0.05, 0.1) is 10.6 Å². The Morgan fingerprint density at radius 3 is 2.91 bits per heavy atom. The van der Waals surface area contributed by atoms with Crippen LogP contribution in [0.3, 0.4) is 0 Å². The maximum absolute atomic E-state index is 12.3. The van der Waals surface area contributed by atoms with E-state index in [0.29, 0.717) is 5.75 Å². The molecule has 0 radical (unpaired) electrons. The van der Waals surface area contributed by atoms with Crippen LogP contribution in [0.1, 0.15) is 37.8 Å².